The van der Waals surface area contributed by atoms with Crippen molar-refractivity contribution in [2.24, 2.45) is 0 Å². The summed E-state index contributed by atoms with van der Waals surface area (Å²) in [6, 6.07) is 5.20. The van der Waals surface area contributed by atoms with Crippen LogP contribution < -0.4 is 5.32 Å². The van der Waals surface area contributed by atoms with Crippen molar-refractivity contribution in [1.29, 1.82) is 0 Å². The molecule has 2 N–H and O–H groups in total. The summed E-state index contributed by atoms with van der Waals surface area (Å²) in [6.07, 6.45) is 1.79. The van der Waals surface area contributed by atoms with E-state index in [-0.39, 0.29) is 12.3 Å². The van der Waals surface area contributed by atoms with E-state index in [1.165, 1.54) is 7.11 Å². The first-order valence-electron chi connectivity index (χ1n) is 7.50. The number of hydrogen-bond donors (Lipinski definition) is 2. The van der Waals surface area contributed by atoms with Crippen LogP contribution in [-0.2, 0) is 19.7 Å². The highest BCUT2D eigenvalue weighted by molar-refractivity contribution is 5.94. The maximum Gasteiger partial charge on any atom is 0.326 e. The monoisotopic (exact) mass is 305 g/mol. The molecular weight excluding hydrogens is 282 g/mol. The van der Waals surface area contributed by atoms with Gasteiger partial charge in [0.2, 0.25) is 5.91 Å². The highest BCUT2D eigenvalue weighted by Crippen LogP contribution is 2.49. The number of carbonyl (C=O) groups excluding carboxylic acids is 1. The number of hydrogen-bond acceptors (Lipinski definition) is 3. The molecule has 0 saturated heterocycles. The average molecular weight is 305 g/mol. The van der Waals surface area contributed by atoms with E-state index in [2.05, 4.69) is 11.4 Å². The van der Waals surface area contributed by atoms with Crippen LogP contribution in [0.15, 0.2) is 18.2 Å². The minimum absolute atomic E-state index is 0.194. The van der Waals surface area contributed by atoms with Gasteiger partial charge in [-0.25, -0.2) is 4.79 Å². The number of aliphatic carboxylic acids is 1. The molecule has 120 valence electrons. The largest absolute Gasteiger partial charge is 0.480 e. The van der Waals surface area contributed by atoms with Gasteiger partial charge in [-0.2, -0.15) is 0 Å². The molecular formula is C17H23NO4. The summed E-state index contributed by atoms with van der Waals surface area (Å²) in [4.78, 5) is 23.9. The maximum atomic E-state index is 12.6. The molecule has 0 aliphatic heterocycles. The number of benzene rings is 1. The molecule has 1 atom stereocenters. The van der Waals surface area contributed by atoms with Crippen LogP contribution in [0.1, 0.15) is 36.0 Å². The number of methoxy groups -OCH3 is 1. The lowest BCUT2D eigenvalue weighted by Gasteiger charge is -2.20. The van der Waals surface area contributed by atoms with Crippen LogP contribution in [0, 0.1) is 13.8 Å². The molecule has 0 radical (unpaired) electrons. The van der Waals surface area contributed by atoms with Crippen molar-refractivity contribution in [2.45, 2.75) is 44.6 Å². The molecule has 1 fully saturated rings. The smallest absolute Gasteiger partial charge is 0.326 e. The van der Waals surface area contributed by atoms with Crippen LogP contribution in [0.2, 0.25) is 0 Å². The number of carbonyl (C=O) groups is 2. The van der Waals surface area contributed by atoms with E-state index in [4.69, 9.17) is 4.74 Å². The van der Waals surface area contributed by atoms with E-state index < -0.39 is 17.4 Å². The predicted molar refractivity (Wildman–Crippen MR) is 82.9 cm³/mol. The fourth-order valence-electron chi connectivity index (χ4n) is 2.81. The molecule has 0 aromatic heterocycles. The maximum absolute atomic E-state index is 12.6. The fourth-order valence-corrected chi connectivity index (χ4v) is 2.81. The summed E-state index contributed by atoms with van der Waals surface area (Å²) in [5.41, 5.74) is 2.65. The first-order chi connectivity index (χ1) is 10.4. The van der Waals surface area contributed by atoms with Gasteiger partial charge in [-0.15, -0.1) is 0 Å². The standard InChI is InChI=1S/C17H23NO4/c1-11-8-12(2)10-13(9-11)17(5-6-17)16(21)18-14(15(19)20)4-7-22-3/h8-10,14H,4-7H2,1-3H3,(H,18,21)(H,19,20). The lowest BCUT2D eigenvalue weighted by atomic mass is 9.91. The molecule has 1 unspecified atom stereocenters. The topological polar surface area (TPSA) is 75.6 Å². The predicted octanol–water partition coefficient (Wildman–Crippen LogP) is 1.94. The van der Waals surface area contributed by atoms with Gasteiger partial charge in [0, 0.05) is 20.1 Å². The lowest BCUT2D eigenvalue weighted by Crippen LogP contribution is -2.46. The Balaban J connectivity index is 2.15. The van der Waals surface area contributed by atoms with Gasteiger partial charge in [-0.1, -0.05) is 29.3 Å². The molecule has 5 heteroatoms. The zero-order valence-corrected chi connectivity index (χ0v) is 13.3. The average Bonchev–Trinajstić information content (AvgIpc) is 3.23. The third-order valence-corrected chi connectivity index (χ3v) is 4.17. The van der Waals surface area contributed by atoms with Crippen molar-refractivity contribution in [2.75, 3.05) is 13.7 Å². The summed E-state index contributed by atoms with van der Waals surface area (Å²) >= 11 is 0. The number of nitrogens with one attached hydrogen (secondary N) is 1. The Morgan fingerprint density at radius 2 is 1.86 bits per heavy atom. The van der Waals surface area contributed by atoms with Gasteiger partial charge in [0.15, 0.2) is 0 Å². The van der Waals surface area contributed by atoms with Gasteiger partial charge in [-0.3, -0.25) is 4.79 Å². The lowest BCUT2D eigenvalue weighted by molar-refractivity contribution is -0.142. The van der Waals surface area contributed by atoms with Gasteiger partial charge in [0.05, 0.1) is 5.41 Å². The Hall–Kier alpha value is -1.88. The first kappa shape index (κ1) is 16.5. The summed E-state index contributed by atoms with van der Waals surface area (Å²) < 4.78 is 4.91. The Kier molecular flexibility index (Phi) is 4.86. The van der Waals surface area contributed by atoms with Gasteiger partial charge in [0.25, 0.3) is 0 Å². The molecule has 0 heterocycles. The quantitative estimate of drug-likeness (QED) is 0.807. The zero-order valence-electron chi connectivity index (χ0n) is 13.3. The molecule has 1 aliphatic rings. The minimum atomic E-state index is -1.03. The van der Waals surface area contributed by atoms with E-state index in [0.717, 1.165) is 29.5 Å². The normalized spacial score (nSPS) is 16.9. The Morgan fingerprint density at radius 1 is 1.27 bits per heavy atom. The van der Waals surface area contributed by atoms with Crippen LogP contribution in [0.25, 0.3) is 0 Å². The molecule has 1 aromatic rings. The molecule has 1 amide bonds. The molecule has 1 saturated carbocycles. The zero-order chi connectivity index (χ0) is 16.3. The highest BCUT2D eigenvalue weighted by Gasteiger charge is 2.52. The minimum Gasteiger partial charge on any atom is -0.480 e. The molecule has 0 spiro atoms. The van der Waals surface area contributed by atoms with Crippen molar-refractivity contribution in [1.82, 2.24) is 5.32 Å². The van der Waals surface area contributed by atoms with Crippen LogP contribution >= 0.6 is 0 Å². The summed E-state index contributed by atoms with van der Waals surface area (Å²) in [6.45, 7) is 4.31. The van der Waals surface area contributed by atoms with Gasteiger partial charge in [0.1, 0.15) is 6.04 Å². The number of amides is 1. The SMILES string of the molecule is COCCC(NC(=O)C1(c2cc(C)cc(C)c2)CC1)C(=O)O. The summed E-state index contributed by atoms with van der Waals surface area (Å²) in [5.74, 6) is -1.22. The fraction of sp³-hybridized carbons (Fsp3) is 0.529. The van der Waals surface area contributed by atoms with E-state index >= 15 is 0 Å². The number of carboxylic acids is 1. The van der Waals surface area contributed by atoms with Crippen LogP contribution in [0.5, 0.6) is 0 Å². The van der Waals surface area contributed by atoms with Crippen LogP contribution in [0.3, 0.4) is 0 Å². The van der Waals surface area contributed by atoms with Gasteiger partial charge >= 0.3 is 5.97 Å². The molecule has 22 heavy (non-hydrogen) atoms. The molecule has 5 nitrogen and oxygen atoms in total. The number of ether oxygens (including phenoxy) is 1. The van der Waals surface area contributed by atoms with Gasteiger partial charge in [-0.05, 0) is 32.3 Å². The van der Waals surface area contributed by atoms with Crippen molar-refractivity contribution in [3.05, 3.63) is 34.9 Å². The second kappa shape index (κ2) is 6.48. The molecule has 0 bridgehead atoms. The van der Waals surface area contributed by atoms with E-state index in [1.807, 2.05) is 26.0 Å². The summed E-state index contributed by atoms with van der Waals surface area (Å²) in [7, 11) is 1.51. The molecule has 1 aromatic carbocycles. The van der Waals surface area contributed by atoms with Crippen LogP contribution in [0.4, 0.5) is 0 Å². The van der Waals surface area contributed by atoms with Crippen molar-refractivity contribution in [3.8, 4) is 0 Å². The second-order valence-electron chi connectivity index (χ2n) is 6.10. The van der Waals surface area contributed by atoms with Crippen molar-refractivity contribution >= 4 is 11.9 Å². The van der Waals surface area contributed by atoms with Crippen molar-refractivity contribution in [3.63, 3.8) is 0 Å². The van der Waals surface area contributed by atoms with E-state index in [1.54, 1.807) is 0 Å². The third-order valence-electron chi connectivity index (χ3n) is 4.17. The number of carboxylic acid groups (broad SMARTS) is 1. The number of rotatable bonds is 7. The Bertz CT molecular complexity index is 558. The number of aryl methyl sites for hydroxylation is 2. The summed E-state index contributed by atoms with van der Waals surface area (Å²) in [5, 5.41) is 11.9. The van der Waals surface area contributed by atoms with E-state index in [0.29, 0.717) is 6.61 Å². The van der Waals surface area contributed by atoms with Crippen LogP contribution in [-0.4, -0.2) is 36.7 Å². The molecule has 1 aliphatic carbocycles. The first-order valence-corrected chi connectivity index (χ1v) is 7.50. The Labute approximate surface area is 130 Å². The highest BCUT2D eigenvalue weighted by atomic mass is 16.5. The van der Waals surface area contributed by atoms with E-state index in [9.17, 15) is 14.7 Å². The molecule has 2 rings (SSSR count). The third kappa shape index (κ3) is 3.47. The second-order valence-corrected chi connectivity index (χ2v) is 6.10. The van der Waals surface area contributed by atoms with Crippen molar-refractivity contribution < 1.29 is 19.4 Å². The Morgan fingerprint density at radius 3 is 2.32 bits per heavy atom. The van der Waals surface area contributed by atoms with Gasteiger partial charge < -0.3 is 15.2 Å².